The minimum atomic E-state index is -4.76. The van der Waals surface area contributed by atoms with Crippen molar-refractivity contribution >= 4 is 0 Å². The summed E-state index contributed by atoms with van der Waals surface area (Å²) < 4.78 is 51.2. The SMILES string of the molecule is Cc1cnc(CF)cc1OC(F)(F)F. The maximum atomic E-state index is 12.1. The summed E-state index contributed by atoms with van der Waals surface area (Å²) in [5.74, 6) is -0.417. The van der Waals surface area contributed by atoms with Crippen LogP contribution in [-0.4, -0.2) is 11.3 Å². The van der Waals surface area contributed by atoms with E-state index >= 15 is 0 Å². The van der Waals surface area contributed by atoms with E-state index < -0.39 is 18.8 Å². The number of pyridine rings is 1. The van der Waals surface area contributed by atoms with E-state index in [1.165, 1.54) is 6.92 Å². The predicted molar refractivity (Wildman–Crippen MR) is 40.5 cm³/mol. The van der Waals surface area contributed by atoms with E-state index in [0.717, 1.165) is 12.3 Å². The van der Waals surface area contributed by atoms with E-state index in [4.69, 9.17) is 0 Å². The number of nitrogens with zero attached hydrogens (tertiary/aromatic N) is 1. The topological polar surface area (TPSA) is 22.1 Å². The highest BCUT2D eigenvalue weighted by Gasteiger charge is 2.31. The molecule has 0 spiro atoms. The van der Waals surface area contributed by atoms with Crippen molar-refractivity contribution < 1.29 is 22.3 Å². The molecule has 1 heterocycles. The molecule has 1 aromatic heterocycles. The Morgan fingerprint density at radius 2 is 2.07 bits per heavy atom. The molecule has 6 heteroatoms. The Morgan fingerprint density at radius 1 is 1.43 bits per heavy atom. The smallest absolute Gasteiger partial charge is 0.405 e. The largest absolute Gasteiger partial charge is 0.573 e. The van der Waals surface area contributed by atoms with Crippen molar-refractivity contribution in [1.82, 2.24) is 4.98 Å². The molecule has 0 atom stereocenters. The summed E-state index contributed by atoms with van der Waals surface area (Å²) in [7, 11) is 0. The molecule has 0 aliphatic carbocycles. The molecule has 0 aromatic carbocycles. The molecule has 0 unspecified atom stereocenters. The minimum absolute atomic E-state index is 0.0881. The van der Waals surface area contributed by atoms with E-state index in [2.05, 4.69) is 9.72 Å². The second-order valence-corrected chi connectivity index (χ2v) is 2.62. The number of rotatable bonds is 2. The van der Waals surface area contributed by atoms with Gasteiger partial charge < -0.3 is 4.74 Å². The number of hydrogen-bond donors (Lipinski definition) is 0. The van der Waals surface area contributed by atoms with Gasteiger partial charge in [0.15, 0.2) is 0 Å². The number of ether oxygens (including phenoxy) is 1. The van der Waals surface area contributed by atoms with E-state index in [0.29, 0.717) is 0 Å². The van der Waals surface area contributed by atoms with Gasteiger partial charge in [-0.3, -0.25) is 4.98 Å². The molecule has 2 nitrogen and oxygen atoms in total. The Balaban J connectivity index is 2.95. The van der Waals surface area contributed by atoms with Gasteiger partial charge in [-0.1, -0.05) is 0 Å². The van der Waals surface area contributed by atoms with Crippen LogP contribution < -0.4 is 4.74 Å². The predicted octanol–water partition coefficient (Wildman–Crippen LogP) is 2.76. The lowest BCUT2D eigenvalue weighted by molar-refractivity contribution is -0.274. The molecule has 0 bridgehead atoms. The summed E-state index contributed by atoms with van der Waals surface area (Å²) in [6.45, 7) is 0.477. The highest BCUT2D eigenvalue weighted by atomic mass is 19.4. The summed E-state index contributed by atoms with van der Waals surface area (Å²) in [6.07, 6.45) is -3.63. The summed E-state index contributed by atoms with van der Waals surface area (Å²) in [5.41, 5.74) is 0.120. The first-order chi connectivity index (χ1) is 6.42. The van der Waals surface area contributed by atoms with Gasteiger partial charge in [0.2, 0.25) is 0 Å². The molecule has 0 N–H and O–H groups in total. The molecule has 0 saturated heterocycles. The maximum absolute atomic E-state index is 12.1. The van der Waals surface area contributed by atoms with Crippen molar-refractivity contribution in [2.45, 2.75) is 20.0 Å². The van der Waals surface area contributed by atoms with Crippen molar-refractivity contribution in [2.75, 3.05) is 0 Å². The number of halogens is 4. The molecular formula is C8H7F4NO. The van der Waals surface area contributed by atoms with Crippen LogP contribution in [0.25, 0.3) is 0 Å². The second-order valence-electron chi connectivity index (χ2n) is 2.62. The normalized spacial score (nSPS) is 11.5. The first kappa shape index (κ1) is 10.7. The zero-order valence-corrected chi connectivity index (χ0v) is 7.23. The zero-order chi connectivity index (χ0) is 10.8. The average Bonchev–Trinajstić information content (AvgIpc) is 2.06. The standard InChI is InChI=1S/C8H7F4NO/c1-5-4-13-6(3-9)2-7(5)14-8(10,11)12/h2,4H,3H2,1H3. The van der Waals surface area contributed by atoms with E-state index in [1.54, 1.807) is 0 Å². The molecule has 14 heavy (non-hydrogen) atoms. The van der Waals surface area contributed by atoms with Crippen LogP contribution >= 0.6 is 0 Å². The Bertz CT molecular complexity index is 324. The fourth-order valence-electron chi connectivity index (χ4n) is 0.853. The summed E-state index contributed by atoms with van der Waals surface area (Å²) in [4.78, 5) is 3.57. The molecule has 0 aliphatic rings. The third-order valence-corrected chi connectivity index (χ3v) is 1.47. The van der Waals surface area contributed by atoms with E-state index in [-0.39, 0.29) is 11.3 Å². The van der Waals surface area contributed by atoms with Crippen molar-refractivity contribution in [2.24, 2.45) is 0 Å². The monoisotopic (exact) mass is 209 g/mol. The van der Waals surface area contributed by atoms with Crippen LogP contribution in [0.1, 0.15) is 11.3 Å². The van der Waals surface area contributed by atoms with Crippen LogP contribution in [0.4, 0.5) is 17.6 Å². The quantitative estimate of drug-likeness (QED) is 0.698. The fourth-order valence-corrected chi connectivity index (χ4v) is 0.853. The number of alkyl halides is 4. The summed E-state index contributed by atoms with van der Waals surface area (Å²) >= 11 is 0. The van der Waals surface area contributed by atoms with Gasteiger partial charge in [0.25, 0.3) is 0 Å². The van der Waals surface area contributed by atoms with Crippen LogP contribution in [0.5, 0.6) is 5.75 Å². The highest BCUT2D eigenvalue weighted by molar-refractivity contribution is 5.31. The first-order valence-electron chi connectivity index (χ1n) is 3.69. The lowest BCUT2D eigenvalue weighted by Gasteiger charge is -2.11. The van der Waals surface area contributed by atoms with Crippen LogP contribution in [0.2, 0.25) is 0 Å². The summed E-state index contributed by atoms with van der Waals surface area (Å²) in [6, 6.07) is 0.933. The number of aromatic nitrogens is 1. The third-order valence-electron chi connectivity index (χ3n) is 1.47. The number of hydrogen-bond acceptors (Lipinski definition) is 2. The molecule has 0 fully saturated rings. The van der Waals surface area contributed by atoms with Crippen molar-refractivity contribution in [3.63, 3.8) is 0 Å². The Hall–Kier alpha value is -1.33. The minimum Gasteiger partial charge on any atom is -0.405 e. The van der Waals surface area contributed by atoms with Gasteiger partial charge in [-0.15, -0.1) is 13.2 Å². The van der Waals surface area contributed by atoms with Crippen LogP contribution in [-0.2, 0) is 6.67 Å². The van der Waals surface area contributed by atoms with Crippen LogP contribution in [0.15, 0.2) is 12.3 Å². The molecule has 0 aliphatic heterocycles. The molecule has 0 amide bonds. The molecule has 0 radical (unpaired) electrons. The third kappa shape index (κ3) is 2.86. The lowest BCUT2D eigenvalue weighted by atomic mass is 10.2. The molecular weight excluding hydrogens is 202 g/mol. The maximum Gasteiger partial charge on any atom is 0.573 e. The van der Waals surface area contributed by atoms with Crippen molar-refractivity contribution in [1.29, 1.82) is 0 Å². The van der Waals surface area contributed by atoms with Gasteiger partial charge >= 0.3 is 6.36 Å². The molecule has 1 rings (SSSR count). The van der Waals surface area contributed by atoms with Crippen LogP contribution in [0.3, 0.4) is 0 Å². The lowest BCUT2D eigenvalue weighted by Crippen LogP contribution is -2.18. The Morgan fingerprint density at radius 3 is 2.57 bits per heavy atom. The van der Waals surface area contributed by atoms with E-state index in [1.807, 2.05) is 0 Å². The Kier molecular flexibility index (Phi) is 2.93. The summed E-state index contributed by atoms with van der Waals surface area (Å²) in [5, 5.41) is 0. The van der Waals surface area contributed by atoms with E-state index in [9.17, 15) is 17.6 Å². The van der Waals surface area contributed by atoms with Gasteiger partial charge in [0.1, 0.15) is 12.4 Å². The fraction of sp³-hybridized carbons (Fsp3) is 0.375. The van der Waals surface area contributed by atoms with Gasteiger partial charge in [-0.25, -0.2) is 4.39 Å². The zero-order valence-electron chi connectivity index (χ0n) is 7.23. The molecule has 78 valence electrons. The van der Waals surface area contributed by atoms with Gasteiger partial charge in [-0.05, 0) is 6.92 Å². The van der Waals surface area contributed by atoms with Crippen molar-refractivity contribution in [3.8, 4) is 5.75 Å². The molecule has 0 saturated carbocycles. The Labute approximate surface area is 77.5 Å². The van der Waals surface area contributed by atoms with Crippen molar-refractivity contribution in [3.05, 3.63) is 23.5 Å². The molecule has 1 aromatic rings. The average molecular weight is 209 g/mol. The van der Waals surface area contributed by atoms with Gasteiger partial charge in [0, 0.05) is 17.8 Å². The highest BCUT2D eigenvalue weighted by Crippen LogP contribution is 2.26. The van der Waals surface area contributed by atoms with Crippen LogP contribution in [0, 0.1) is 6.92 Å². The van der Waals surface area contributed by atoms with Gasteiger partial charge in [-0.2, -0.15) is 0 Å². The first-order valence-corrected chi connectivity index (χ1v) is 3.69. The second kappa shape index (κ2) is 3.81. The number of aryl methyl sites for hydroxylation is 1. The van der Waals surface area contributed by atoms with Gasteiger partial charge in [0.05, 0.1) is 5.69 Å².